The lowest BCUT2D eigenvalue weighted by molar-refractivity contribution is 0.211. The molecule has 0 atom stereocenters. The quantitative estimate of drug-likeness (QED) is 0.577. The Morgan fingerprint density at radius 3 is 2.41 bits per heavy atom. The molecule has 0 N–H and O–H groups in total. The standard InChI is InChI=1S/C17H16FNO3/c1-19-12-13-3-8-16(17(11-13)20-2)22-10-9-21-15-6-4-14(18)5-7-15/h3-8,11H,9-10,12H2,2H3. The van der Waals surface area contributed by atoms with E-state index in [1.54, 1.807) is 31.4 Å². The maximum Gasteiger partial charge on any atom is 0.239 e. The highest BCUT2D eigenvalue weighted by Gasteiger charge is 2.07. The summed E-state index contributed by atoms with van der Waals surface area (Å²) in [5, 5.41) is 0. The second kappa shape index (κ2) is 7.89. The van der Waals surface area contributed by atoms with E-state index >= 15 is 0 Å². The highest BCUT2D eigenvalue weighted by molar-refractivity contribution is 5.43. The van der Waals surface area contributed by atoms with Crippen LogP contribution in [0.15, 0.2) is 42.5 Å². The van der Waals surface area contributed by atoms with Gasteiger partial charge < -0.3 is 19.1 Å². The Bertz CT molecular complexity index is 650. The molecule has 5 heteroatoms. The second-order valence-corrected chi connectivity index (χ2v) is 4.45. The number of nitrogens with zero attached hydrogens (tertiary/aromatic N) is 1. The topological polar surface area (TPSA) is 32.0 Å². The van der Waals surface area contributed by atoms with Crippen LogP contribution in [0.2, 0.25) is 0 Å². The minimum atomic E-state index is -0.298. The molecule has 0 unspecified atom stereocenters. The molecule has 0 heterocycles. The van der Waals surface area contributed by atoms with Gasteiger partial charge in [-0.15, -0.1) is 0 Å². The molecule has 0 radical (unpaired) electrons. The summed E-state index contributed by atoms with van der Waals surface area (Å²) in [7, 11) is 1.55. The molecule has 4 nitrogen and oxygen atoms in total. The number of rotatable bonds is 7. The molecule has 0 aliphatic rings. The highest BCUT2D eigenvalue weighted by Crippen LogP contribution is 2.28. The van der Waals surface area contributed by atoms with Gasteiger partial charge in [-0.25, -0.2) is 11.0 Å². The van der Waals surface area contributed by atoms with E-state index in [4.69, 9.17) is 20.8 Å². The number of benzene rings is 2. The van der Waals surface area contributed by atoms with Crippen molar-refractivity contribution < 1.29 is 18.6 Å². The van der Waals surface area contributed by atoms with Gasteiger partial charge in [0.15, 0.2) is 11.5 Å². The van der Waals surface area contributed by atoms with Crippen LogP contribution >= 0.6 is 0 Å². The van der Waals surface area contributed by atoms with E-state index in [9.17, 15) is 4.39 Å². The number of methoxy groups -OCH3 is 1. The third kappa shape index (κ3) is 4.38. The molecule has 0 saturated heterocycles. The summed E-state index contributed by atoms with van der Waals surface area (Å²) in [6.45, 7) is 7.84. The van der Waals surface area contributed by atoms with Gasteiger partial charge in [0, 0.05) is 5.56 Å². The fraction of sp³-hybridized carbons (Fsp3) is 0.235. The van der Waals surface area contributed by atoms with E-state index in [0.29, 0.717) is 37.0 Å². The predicted octanol–water partition coefficient (Wildman–Crippen LogP) is 3.71. The molecule has 0 saturated carbocycles. The normalized spacial score (nSPS) is 9.86. The van der Waals surface area contributed by atoms with Crippen molar-refractivity contribution >= 4 is 0 Å². The summed E-state index contributed by atoms with van der Waals surface area (Å²) < 4.78 is 29.1. The van der Waals surface area contributed by atoms with Crippen LogP contribution in [0.3, 0.4) is 0 Å². The smallest absolute Gasteiger partial charge is 0.239 e. The Hall–Kier alpha value is -2.74. The first-order valence-corrected chi connectivity index (χ1v) is 6.74. The van der Waals surface area contributed by atoms with Crippen molar-refractivity contribution in [1.82, 2.24) is 0 Å². The van der Waals surface area contributed by atoms with Gasteiger partial charge in [-0.3, -0.25) is 0 Å². The monoisotopic (exact) mass is 301 g/mol. The Balaban J connectivity index is 1.86. The van der Waals surface area contributed by atoms with Crippen molar-refractivity contribution in [2.24, 2.45) is 0 Å². The zero-order valence-corrected chi connectivity index (χ0v) is 12.2. The van der Waals surface area contributed by atoms with Crippen molar-refractivity contribution in [1.29, 1.82) is 0 Å². The van der Waals surface area contributed by atoms with Crippen LogP contribution in [0.4, 0.5) is 4.39 Å². The lowest BCUT2D eigenvalue weighted by Crippen LogP contribution is -2.09. The van der Waals surface area contributed by atoms with Gasteiger partial charge in [0.1, 0.15) is 24.8 Å². The fourth-order valence-corrected chi connectivity index (χ4v) is 1.86. The molecule has 0 spiro atoms. The van der Waals surface area contributed by atoms with E-state index in [0.717, 1.165) is 5.56 Å². The van der Waals surface area contributed by atoms with E-state index < -0.39 is 0 Å². The third-order valence-corrected chi connectivity index (χ3v) is 2.91. The van der Waals surface area contributed by atoms with Gasteiger partial charge in [-0.2, -0.15) is 0 Å². The van der Waals surface area contributed by atoms with Crippen LogP contribution in [0.1, 0.15) is 5.56 Å². The molecule has 2 rings (SSSR count). The van der Waals surface area contributed by atoms with Gasteiger partial charge in [-0.1, -0.05) is 0 Å². The molecular formula is C17H16FNO3. The van der Waals surface area contributed by atoms with E-state index in [2.05, 4.69) is 4.85 Å². The largest absolute Gasteiger partial charge is 0.493 e. The Labute approximate surface area is 128 Å². The molecule has 0 aliphatic carbocycles. The summed E-state index contributed by atoms with van der Waals surface area (Å²) in [6, 6.07) is 11.2. The van der Waals surface area contributed by atoms with Crippen LogP contribution in [-0.2, 0) is 6.54 Å². The van der Waals surface area contributed by atoms with Crippen molar-refractivity contribution in [2.45, 2.75) is 6.54 Å². The summed E-state index contributed by atoms with van der Waals surface area (Å²) in [4.78, 5) is 3.33. The maximum atomic E-state index is 12.8. The van der Waals surface area contributed by atoms with Crippen molar-refractivity contribution in [3.8, 4) is 17.2 Å². The molecule has 0 bridgehead atoms. The van der Waals surface area contributed by atoms with Gasteiger partial charge >= 0.3 is 0 Å². The number of hydrogen-bond acceptors (Lipinski definition) is 3. The molecule has 2 aromatic carbocycles. The first-order chi connectivity index (χ1) is 10.7. The first-order valence-electron chi connectivity index (χ1n) is 6.74. The second-order valence-electron chi connectivity index (χ2n) is 4.45. The summed E-state index contributed by atoms with van der Waals surface area (Å²) in [6.07, 6.45) is 0. The zero-order chi connectivity index (χ0) is 15.8. The zero-order valence-electron chi connectivity index (χ0n) is 12.2. The fourth-order valence-electron chi connectivity index (χ4n) is 1.86. The Morgan fingerprint density at radius 2 is 1.73 bits per heavy atom. The molecule has 114 valence electrons. The van der Waals surface area contributed by atoms with E-state index in [1.807, 2.05) is 6.07 Å². The highest BCUT2D eigenvalue weighted by atomic mass is 19.1. The van der Waals surface area contributed by atoms with Crippen LogP contribution < -0.4 is 14.2 Å². The van der Waals surface area contributed by atoms with Gasteiger partial charge in [-0.05, 0) is 42.5 Å². The predicted molar refractivity (Wildman–Crippen MR) is 80.7 cm³/mol. The Kier molecular flexibility index (Phi) is 5.61. The van der Waals surface area contributed by atoms with Crippen LogP contribution in [-0.4, -0.2) is 20.3 Å². The molecule has 0 aromatic heterocycles. The molecule has 0 fully saturated rings. The van der Waals surface area contributed by atoms with Crippen LogP contribution in [0.25, 0.3) is 4.85 Å². The van der Waals surface area contributed by atoms with Crippen molar-refractivity contribution in [3.63, 3.8) is 0 Å². The van der Waals surface area contributed by atoms with E-state index in [1.165, 1.54) is 12.1 Å². The van der Waals surface area contributed by atoms with Gasteiger partial charge in [0.2, 0.25) is 6.54 Å². The SMILES string of the molecule is [C-]#[N+]Cc1ccc(OCCOc2ccc(F)cc2)c(OC)c1. The van der Waals surface area contributed by atoms with E-state index in [-0.39, 0.29) is 5.82 Å². The molecule has 2 aromatic rings. The minimum Gasteiger partial charge on any atom is -0.493 e. The van der Waals surface area contributed by atoms with Gasteiger partial charge in [0.25, 0.3) is 0 Å². The number of ether oxygens (including phenoxy) is 3. The van der Waals surface area contributed by atoms with Crippen molar-refractivity contribution in [2.75, 3.05) is 20.3 Å². The molecule has 0 aliphatic heterocycles. The summed E-state index contributed by atoms with van der Waals surface area (Å²) >= 11 is 0. The lowest BCUT2D eigenvalue weighted by Gasteiger charge is -2.12. The lowest BCUT2D eigenvalue weighted by atomic mass is 10.2. The maximum absolute atomic E-state index is 12.8. The van der Waals surface area contributed by atoms with Crippen LogP contribution in [0.5, 0.6) is 17.2 Å². The third-order valence-electron chi connectivity index (χ3n) is 2.91. The number of hydrogen-bond donors (Lipinski definition) is 0. The Morgan fingerprint density at radius 1 is 1.00 bits per heavy atom. The average Bonchev–Trinajstić information content (AvgIpc) is 2.54. The van der Waals surface area contributed by atoms with Gasteiger partial charge in [0.05, 0.1) is 7.11 Å². The van der Waals surface area contributed by atoms with Crippen LogP contribution in [0, 0.1) is 12.4 Å². The number of halogens is 1. The average molecular weight is 301 g/mol. The summed E-state index contributed by atoms with van der Waals surface area (Å²) in [5.74, 6) is 1.47. The first kappa shape index (κ1) is 15.6. The molecular weight excluding hydrogens is 285 g/mol. The minimum absolute atomic E-state index is 0.298. The van der Waals surface area contributed by atoms with Crippen molar-refractivity contribution in [3.05, 3.63) is 65.3 Å². The molecule has 22 heavy (non-hydrogen) atoms. The molecule has 0 amide bonds. The summed E-state index contributed by atoms with van der Waals surface area (Å²) in [5.41, 5.74) is 0.877.